The molecule has 0 aliphatic heterocycles. The van der Waals surface area contributed by atoms with E-state index in [9.17, 15) is 24.5 Å². The molecule has 150 valence electrons. The molecule has 0 atom stereocenters. The first-order valence-corrected chi connectivity index (χ1v) is 8.64. The van der Waals surface area contributed by atoms with Crippen molar-refractivity contribution < 1.29 is 24.4 Å². The van der Waals surface area contributed by atoms with Gasteiger partial charge in [-0.3, -0.25) is 29.8 Å². The van der Waals surface area contributed by atoms with E-state index in [0.29, 0.717) is 11.4 Å². The van der Waals surface area contributed by atoms with Crippen LogP contribution < -0.4 is 16.0 Å². The number of carboxylic acid groups (broad SMARTS) is 1. The molecule has 0 heterocycles. The molecule has 10 nitrogen and oxygen atoms in total. The van der Waals surface area contributed by atoms with Crippen molar-refractivity contribution in [1.82, 2.24) is 5.32 Å². The fraction of sp³-hybridized carbons (Fsp3) is 0.111. The lowest BCUT2D eigenvalue weighted by atomic mass is 10.2. The van der Waals surface area contributed by atoms with Crippen LogP contribution in [0, 0.1) is 10.1 Å². The predicted molar refractivity (Wildman–Crippen MR) is 109 cm³/mol. The molecule has 2 amide bonds. The van der Waals surface area contributed by atoms with Crippen LogP contribution in [0.4, 0.5) is 17.1 Å². The summed E-state index contributed by atoms with van der Waals surface area (Å²) in [6.07, 6.45) is -0.396. The third-order valence-corrected chi connectivity index (χ3v) is 3.74. The van der Waals surface area contributed by atoms with E-state index < -0.39 is 22.7 Å². The number of carbonyl (C=O) groups is 3. The quantitative estimate of drug-likeness (QED) is 0.305. The number of hydrogen-bond acceptors (Lipinski definition) is 6. The summed E-state index contributed by atoms with van der Waals surface area (Å²) in [6, 6.07) is 11.6. The Labute approximate surface area is 170 Å². The molecule has 0 radical (unpaired) electrons. The Morgan fingerprint density at radius 3 is 2.21 bits per heavy atom. The average Bonchev–Trinajstić information content (AvgIpc) is 2.68. The molecular weight excluding hydrogens is 400 g/mol. The Kier molecular flexibility index (Phi) is 7.32. The van der Waals surface area contributed by atoms with E-state index in [2.05, 4.69) is 16.0 Å². The third kappa shape index (κ3) is 6.99. The Morgan fingerprint density at radius 1 is 1.00 bits per heavy atom. The van der Waals surface area contributed by atoms with Crippen LogP contribution in [0.3, 0.4) is 0 Å². The van der Waals surface area contributed by atoms with Gasteiger partial charge in [0.1, 0.15) is 0 Å². The minimum atomic E-state index is -1.06. The van der Waals surface area contributed by atoms with Crippen molar-refractivity contribution >= 4 is 52.2 Å². The van der Waals surface area contributed by atoms with Crippen LogP contribution in [-0.2, 0) is 9.59 Å². The number of non-ortho nitro benzene ring substituents is 1. The highest BCUT2D eigenvalue weighted by Crippen LogP contribution is 2.15. The molecule has 0 unspecified atom stereocenters. The monoisotopic (exact) mass is 416 g/mol. The van der Waals surface area contributed by atoms with Crippen LogP contribution in [-0.4, -0.2) is 32.9 Å². The normalized spacial score (nSPS) is 9.93. The molecule has 2 aromatic carbocycles. The molecule has 4 N–H and O–H groups in total. The minimum absolute atomic E-state index is 0.0141. The number of nitro benzene ring substituents is 1. The van der Waals surface area contributed by atoms with Crippen molar-refractivity contribution in [2.45, 2.75) is 12.8 Å². The number of benzene rings is 2. The molecule has 0 spiro atoms. The van der Waals surface area contributed by atoms with Crippen molar-refractivity contribution in [3.8, 4) is 0 Å². The number of nitro groups is 1. The zero-order valence-corrected chi connectivity index (χ0v) is 15.7. The van der Waals surface area contributed by atoms with Gasteiger partial charge >= 0.3 is 5.97 Å². The minimum Gasteiger partial charge on any atom is -0.481 e. The second-order valence-electron chi connectivity index (χ2n) is 5.73. The Morgan fingerprint density at radius 2 is 1.62 bits per heavy atom. The van der Waals surface area contributed by atoms with Crippen LogP contribution in [0.1, 0.15) is 23.2 Å². The molecule has 0 aromatic heterocycles. The average molecular weight is 416 g/mol. The van der Waals surface area contributed by atoms with Crippen LogP contribution in [0.15, 0.2) is 48.5 Å². The number of aliphatic carboxylic acids is 1. The lowest BCUT2D eigenvalue weighted by Gasteiger charge is -2.10. The van der Waals surface area contributed by atoms with E-state index in [0.717, 1.165) is 6.07 Å². The van der Waals surface area contributed by atoms with Crippen molar-refractivity contribution in [3.05, 3.63) is 64.2 Å². The molecule has 2 aromatic rings. The van der Waals surface area contributed by atoms with Gasteiger partial charge in [0.25, 0.3) is 11.6 Å². The smallest absolute Gasteiger partial charge is 0.303 e. The summed E-state index contributed by atoms with van der Waals surface area (Å²) < 4.78 is 0. The summed E-state index contributed by atoms with van der Waals surface area (Å²) in [6.45, 7) is 0. The maximum Gasteiger partial charge on any atom is 0.303 e. The molecule has 11 heteroatoms. The highest BCUT2D eigenvalue weighted by Gasteiger charge is 2.13. The number of hydrogen-bond donors (Lipinski definition) is 4. The van der Waals surface area contributed by atoms with Crippen LogP contribution in [0.5, 0.6) is 0 Å². The second-order valence-corrected chi connectivity index (χ2v) is 6.14. The van der Waals surface area contributed by atoms with Crippen molar-refractivity contribution in [2.75, 3.05) is 10.6 Å². The van der Waals surface area contributed by atoms with Crippen molar-refractivity contribution in [3.63, 3.8) is 0 Å². The molecule has 2 rings (SSSR count). The van der Waals surface area contributed by atoms with Gasteiger partial charge in [-0.25, -0.2) is 0 Å². The molecule has 0 saturated carbocycles. The number of amides is 2. The summed E-state index contributed by atoms with van der Waals surface area (Å²) in [4.78, 5) is 44.4. The number of anilines is 2. The summed E-state index contributed by atoms with van der Waals surface area (Å²) >= 11 is 5.06. The van der Waals surface area contributed by atoms with Crippen molar-refractivity contribution in [1.29, 1.82) is 0 Å². The summed E-state index contributed by atoms with van der Waals surface area (Å²) in [7, 11) is 0. The van der Waals surface area contributed by atoms with E-state index in [1.54, 1.807) is 24.3 Å². The second kappa shape index (κ2) is 9.90. The Hall–Kier alpha value is -3.86. The predicted octanol–water partition coefficient (Wildman–Crippen LogP) is 2.52. The van der Waals surface area contributed by atoms with Crippen LogP contribution in [0.25, 0.3) is 0 Å². The van der Waals surface area contributed by atoms with Gasteiger partial charge in [0.2, 0.25) is 5.91 Å². The number of nitrogens with one attached hydrogen (secondary N) is 3. The highest BCUT2D eigenvalue weighted by atomic mass is 32.1. The number of nitrogens with zero attached hydrogens (tertiary/aromatic N) is 1. The van der Waals surface area contributed by atoms with Gasteiger partial charge in [-0.15, -0.1) is 0 Å². The van der Waals surface area contributed by atoms with E-state index in [-0.39, 0.29) is 29.2 Å². The summed E-state index contributed by atoms with van der Waals surface area (Å²) in [5.74, 6) is -2.08. The van der Waals surface area contributed by atoms with Crippen molar-refractivity contribution in [2.24, 2.45) is 0 Å². The fourth-order valence-electron chi connectivity index (χ4n) is 2.18. The summed E-state index contributed by atoms with van der Waals surface area (Å²) in [5, 5.41) is 27.1. The lowest BCUT2D eigenvalue weighted by molar-refractivity contribution is -0.384. The Balaban J connectivity index is 1.89. The zero-order chi connectivity index (χ0) is 21.4. The lowest BCUT2D eigenvalue weighted by Crippen LogP contribution is -2.34. The Bertz CT molecular complexity index is 961. The van der Waals surface area contributed by atoms with E-state index in [1.165, 1.54) is 18.2 Å². The SMILES string of the molecule is O=C(O)CCC(=O)Nc1ccc(NC(=S)NC(=O)c2cccc([N+](=O)[O-])c2)cc1. The first-order valence-electron chi connectivity index (χ1n) is 8.23. The van der Waals surface area contributed by atoms with Gasteiger partial charge in [-0.1, -0.05) is 6.07 Å². The maximum absolute atomic E-state index is 12.2. The van der Waals surface area contributed by atoms with E-state index in [4.69, 9.17) is 17.3 Å². The largest absolute Gasteiger partial charge is 0.481 e. The van der Waals surface area contributed by atoms with E-state index >= 15 is 0 Å². The van der Waals surface area contributed by atoms with Gasteiger partial charge in [-0.05, 0) is 42.5 Å². The van der Waals surface area contributed by atoms with Gasteiger partial charge in [-0.2, -0.15) is 0 Å². The topological polar surface area (TPSA) is 151 Å². The molecule has 0 saturated heterocycles. The zero-order valence-electron chi connectivity index (χ0n) is 14.9. The van der Waals surface area contributed by atoms with Gasteiger partial charge < -0.3 is 15.7 Å². The first-order chi connectivity index (χ1) is 13.7. The number of thiocarbonyl (C=S) groups is 1. The number of rotatable bonds is 7. The number of carbonyl (C=O) groups excluding carboxylic acids is 2. The fourth-order valence-corrected chi connectivity index (χ4v) is 2.39. The van der Waals surface area contributed by atoms with E-state index in [1.807, 2.05) is 0 Å². The van der Waals surface area contributed by atoms with Gasteiger partial charge in [0.15, 0.2) is 5.11 Å². The molecule has 0 fully saturated rings. The molecule has 29 heavy (non-hydrogen) atoms. The highest BCUT2D eigenvalue weighted by molar-refractivity contribution is 7.80. The van der Waals surface area contributed by atoms with Gasteiger partial charge in [0.05, 0.1) is 11.3 Å². The van der Waals surface area contributed by atoms with Crippen LogP contribution in [0.2, 0.25) is 0 Å². The molecule has 0 bridgehead atoms. The standard InChI is InChI=1S/C18H16N4O6S/c23-15(8-9-16(24)25)19-12-4-6-13(7-5-12)20-18(29)21-17(26)11-2-1-3-14(10-11)22(27)28/h1-7,10H,8-9H2,(H,19,23)(H,24,25)(H2,20,21,26,29). The molecule has 0 aliphatic carbocycles. The molecular formula is C18H16N4O6S. The van der Waals surface area contributed by atoms with Gasteiger partial charge in [0, 0.05) is 35.5 Å². The first kappa shape index (κ1) is 21.4. The van der Waals surface area contributed by atoms with Crippen LogP contribution >= 0.6 is 12.2 Å². The summed E-state index contributed by atoms with van der Waals surface area (Å²) in [5.41, 5.74) is 0.871. The maximum atomic E-state index is 12.2. The number of carboxylic acids is 1. The third-order valence-electron chi connectivity index (χ3n) is 3.54. The molecule has 0 aliphatic rings.